The second-order valence-corrected chi connectivity index (χ2v) is 2.30. The molecule has 0 radical (unpaired) electrons. The lowest BCUT2D eigenvalue weighted by Crippen LogP contribution is -2.18. The van der Waals surface area contributed by atoms with Crippen molar-refractivity contribution < 1.29 is 5.11 Å². The van der Waals surface area contributed by atoms with Crippen LogP contribution in [0.3, 0.4) is 0 Å². The molecule has 2 heteroatoms. The average molecular weight is 125 g/mol. The molecule has 0 amide bonds. The van der Waals surface area contributed by atoms with E-state index in [1.165, 1.54) is 0 Å². The highest BCUT2D eigenvalue weighted by Gasteiger charge is 2.02. The lowest BCUT2D eigenvalue weighted by Gasteiger charge is -2.20. The van der Waals surface area contributed by atoms with Crippen LogP contribution in [0.5, 0.6) is 0 Å². The minimum absolute atomic E-state index is 0.380. The maximum absolute atomic E-state index is 8.96. The fraction of sp³-hybridized carbons (Fsp3) is 0.429. The van der Waals surface area contributed by atoms with E-state index < -0.39 is 0 Å². The van der Waals surface area contributed by atoms with E-state index in [9.17, 15) is 0 Å². The number of aliphatic hydroxyl groups excluding tert-OH is 1. The first kappa shape index (κ1) is 6.20. The fourth-order valence-electron chi connectivity index (χ4n) is 0.758. The smallest absolute Gasteiger partial charge is 0.115 e. The van der Waals surface area contributed by atoms with Crippen LogP contribution in [0.25, 0.3) is 0 Å². The number of hydrogen-bond donors (Lipinski definition) is 1. The zero-order valence-electron chi connectivity index (χ0n) is 5.76. The Morgan fingerprint density at radius 1 is 1.67 bits per heavy atom. The summed E-state index contributed by atoms with van der Waals surface area (Å²) in [5.41, 5.74) is 1.11. The third-order valence-corrected chi connectivity index (χ3v) is 1.53. The Balaban J connectivity index is 2.74. The van der Waals surface area contributed by atoms with Gasteiger partial charge < -0.3 is 10.0 Å². The summed E-state index contributed by atoms with van der Waals surface area (Å²) >= 11 is 0. The van der Waals surface area contributed by atoms with E-state index in [2.05, 4.69) is 4.90 Å². The van der Waals surface area contributed by atoms with Gasteiger partial charge in [-0.05, 0) is 19.1 Å². The van der Waals surface area contributed by atoms with Crippen molar-refractivity contribution in [3.63, 3.8) is 0 Å². The van der Waals surface area contributed by atoms with E-state index in [0.29, 0.717) is 5.76 Å². The number of nitrogens with zero attached hydrogens (tertiary/aromatic N) is 1. The highest BCUT2D eigenvalue weighted by molar-refractivity contribution is 5.20. The topological polar surface area (TPSA) is 23.5 Å². The molecule has 0 bridgehead atoms. The molecule has 1 heterocycles. The van der Waals surface area contributed by atoms with Crippen molar-refractivity contribution in [2.75, 3.05) is 13.6 Å². The van der Waals surface area contributed by atoms with Crippen LogP contribution in [0.4, 0.5) is 0 Å². The Morgan fingerprint density at radius 3 is 2.78 bits per heavy atom. The maximum Gasteiger partial charge on any atom is 0.115 e. The van der Waals surface area contributed by atoms with Crippen LogP contribution in [0.2, 0.25) is 0 Å². The van der Waals surface area contributed by atoms with Crippen molar-refractivity contribution >= 4 is 0 Å². The Bertz CT molecular complexity index is 170. The maximum atomic E-state index is 8.96. The largest absolute Gasteiger partial charge is 0.508 e. The van der Waals surface area contributed by atoms with Gasteiger partial charge in [0.15, 0.2) is 0 Å². The Hall–Kier alpha value is -0.920. The SMILES string of the molecule is CC1=CC(O)=CCN1C. The van der Waals surface area contributed by atoms with E-state index in [4.69, 9.17) is 5.11 Å². The van der Waals surface area contributed by atoms with Gasteiger partial charge in [0.05, 0.1) is 0 Å². The Labute approximate surface area is 55.1 Å². The van der Waals surface area contributed by atoms with Crippen molar-refractivity contribution in [1.29, 1.82) is 0 Å². The molecule has 0 aliphatic carbocycles. The van der Waals surface area contributed by atoms with Gasteiger partial charge in [-0.1, -0.05) is 0 Å². The number of aliphatic hydroxyl groups is 1. The van der Waals surface area contributed by atoms with Gasteiger partial charge in [0.2, 0.25) is 0 Å². The van der Waals surface area contributed by atoms with Crippen molar-refractivity contribution in [1.82, 2.24) is 4.90 Å². The van der Waals surface area contributed by atoms with E-state index in [1.807, 2.05) is 14.0 Å². The molecule has 2 nitrogen and oxygen atoms in total. The second kappa shape index (κ2) is 2.13. The predicted molar refractivity (Wildman–Crippen MR) is 37.1 cm³/mol. The summed E-state index contributed by atoms with van der Waals surface area (Å²) in [6, 6.07) is 0. The monoisotopic (exact) mass is 125 g/mol. The molecule has 50 valence electrons. The van der Waals surface area contributed by atoms with Crippen LogP contribution in [0.15, 0.2) is 23.6 Å². The highest BCUT2D eigenvalue weighted by atomic mass is 16.3. The zero-order chi connectivity index (χ0) is 6.85. The van der Waals surface area contributed by atoms with E-state index in [0.717, 1.165) is 12.2 Å². The molecule has 1 rings (SSSR count). The molecule has 1 N–H and O–H groups in total. The summed E-state index contributed by atoms with van der Waals surface area (Å²) in [7, 11) is 1.99. The summed E-state index contributed by atoms with van der Waals surface area (Å²) in [5, 5.41) is 8.96. The Morgan fingerprint density at radius 2 is 2.33 bits per heavy atom. The summed E-state index contributed by atoms with van der Waals surface area (Å²) in [6.07, 6.45) is 3.54. The minimum Gasteiger partial charge on any atom is -0.508 e. The van der Waals surface area contributed by atoms with Crippen LogP contribution in [0.1, 0.15) is 6.92 Å². The fourth-order valence-corrected chi connectivity index (χ4v) is 0.758. The average Bonchev–Trinajstić information content (AvgIpc) is 1.80. The van der Waals surface area contributed by atoms with Crippen molar-refractivity contribution in [2.24, 2.45) is 0 Å². The zero-order valence-corrected chi connectivity index (χ0v) is 5.76. The third kappa shape index (κ3) is 1.25. The van der Waals surface area contributed by atoms with Gasteiger partial charge in [-0.25, -0.2) is 0 Å². The summed E-state index contributed by atoms with van der Waals surface area (Å²) in [5.74, 6) is 0.380. The summed E-state index contributed by atoms with van der Waals surface area (Å²) in [6.45, 7) is 2.79. The van der Waals surface area contributed by atoms with Gasteiger partial charge in [0, 0.05) is 19.3 Å². The molecule has 0 saturated carbocycles. The van der Waals surface area contributed by atoms with Crippen molar-refractivity contribution in [3.05, 3.63) is 23.6 Å². The van der Waals surface area contributed by atoms with Gasteiger partial charge in [0.25, 0.3) is 0 Å². The van der Waals surface area contributed by atoms with Gasteiger partial charge in [0.1, 0.15) is 5.76 Å². The van der Waals surface area contributed by atoms with Crippen LogP contribution in [-0.2, 0) is 0 Å². The van der Waals surface area contributed by atoms with Crippen LogP contribution < -0.4 is 0 Å². The molecule has 0 saturated heterocycles. The molecule has 0 unspecified atom stereocenters. The first-order valence-corrected chi connectivity index (χ1v) is 2.98. The van der Waals surface area contributed by atoms with Crippen LogP contribution in [-0.4, -0.2) is 23.6 Å². The molecule has 0 aromatic carbocycles. The Kier molecular flexibility index (Phi) is 1.47. The molecule has 0 aromatic heterocycles. The quantitative estimate of drug-likeness (QED) is 0.527. The number of hydrogen-bond acceptors (Lipinski definition) is 2. The van der Waals surface area contributed by atoms with E-state index >= 15 is 0 Å². The summed E-state index contributed by atoms with van der Waals surface area (Å²) < 4.78 is 0. The number of likely N-dealkylation sites (N-methyl/N-ethyl adjacent to an activating group) is 1. The van der Waals surface area contributed by atoms with Crippen LogP contribution >= 0.6 is 0 Å². The summed E-state index contributed by atoms with van der Waals surface area (Å²) in [4.78, 5) is 2.07. The molecule has 0 atom stereocenters. The normalized spacial score (nSPS) is 19.1. The molecule has 0 fully saturated rings. The molecular weight excluding hydrogens is 114 g/mol. The second-order valence-electron chi connectivity index (χ2n) is 2.30. The van der Waals surface area contributed by atoms with Gasteiger partial charge in [-0.3, -0.25) is 0 Å². The lowest BCUT2D eigenvalue weighted by molar-refractivity contribution is 0.390. The standard InChI is InChI=1S/C7H11NO/c1-6-5-7(9)3-4-8(6)2/h3,5,9H,4H2,1-2H3. The first-order chi connectivity index (χ1) is 4.20. The lowest BCUT2D eigenvalue weighted by atomic mass is 10.2. The van der Waals surface area contributed by atoms with Gasteiger partial charge in [-0.15, -0.1) is 0 Å². The molecule has 0 spiro atoms. The molecule has 1 aliphatic rings. The van der Waals surface area contributed by atoms with Gasteiger partial charge >= 0.3 is 0 Å². The third-order valence-electron chi connectivity index (χ3n) is 1.53. The van der Waals surface area contributed by atoms with E-state index in [-0.39, 0.29) is 0 Å². The molecule has 0 aromatic rings. The van der Waals surface area contributed by atoms with Crippen LogP contribution in [0, 0.1) is 0 Å². The highest BCUT2D eigenvalue weighted by Crippen LogP contribution is 2.09. The number of rotatable bonds is 0. The van der Waals surface area contributed by atoms with Crippen molar-refractivity contribution in [3.8, 4) is 0 Å². The molecule has 9 heavy (non-hydrogen) atoms. The minimum atomic E-state index is 0.380. The van der Waals surface area contributed by atoms with E-state index in [1.54, 1.807) is 12.2 Å². The van der Waals surface area contributed by atoms with Crippen molar-refractivity contribution in [2.45, 2.75) is 6.92 Å². The first-order valence-electron chi connectivity index (χ1n) is 2.98. The molecular formula is C7H11NO. The predicted octanol–water partition coefficient (Wildman–Crippen LogP) is 1.28. The molecule has 1 aliphatic heterocycles. The number of allylic oxidation sites excluding steroid dienone is 2. The van der Waals surface area contributed by atoms with Gasteiger partial charge in [-0.2, -0.15) is 0 Å².